The van der Waals surface area contributed by atoms with Crippen LogP contribution in [0.4, 0.5) is 5.82 Å². The molecule has 2 aliphatic rings. The van der Waals surface area contributed by atoms with Crippen LogP contribution in [0, 0.1) is 13.8 Å². The smallest absolute Gasteiger partial charge is 0.165 e. The number of aryl methyl sites for hydroxylation is 2. The second-order valence-corrected chi connectivity index (χ2v) is 7.67. The molecule has 0 spiro atoms. The van der Waals surface area contributed by atoms with Gasteiger partial charge in [-0.3, -0.25) is 0 Å². The molecule has 2 aromatic heterocycles. The molecule has 2 saturated heterocycles. The first-order chi connectivity index (χ1) is 12.0. The van der Waals surface area contributed by atoms with Crippen LogP contribution in [0.5, 0.6) is 0 Å². The molecule has 1 N–H and O–H groups in total. The van der Waals surface area contributed by atoms with Crippen molar-refractivity contribution in [3.05, 3.63) is 23.7 Å². The average molecular weight is 341 g/mol. The van der Waals surface area contributed by atoms with Crippen LogP contribution in [0.25, 0.3) is 11.0 Å². The Morgan fingerprint density at radius 1 is 1.08 bits per heavy atom. The molecule has 25 heavy (non-hydrogen) atoms. The molecule has 2 aromatic rings. The van der Waals surface area contributed by atoms with Gasteiger partial charge in [0.05, 0.1) is 11.0 Å². The van der Waals surface area contributed by atoms with Crippen LogP contribution in [-0.4, -0.2) is 63.3 Å². The maximum atomic E-state index is 11.0. The van der Waals surface area contributed by atoms with E-state index in [0.717, 1.165) is 73.7 Å². The normalized spacial score (nSPS) is 21.2. The van der Waals surface area contributed by atoms with Gasteiger partial charge in [0.15, 0.2) is 5.65 Å². The van der Waals surface area contributed by atoms with Gasteiger partial charge in [0, 0.05) is 25.3 Å². The quantitative estimate of drug-likeness (QED) is 0.922. The number of nitrogens with zero attached hydrogens (tertiary/aromatic N) is 5. The summed E-state index contributed by atoms with van der Waals surface area (Å²) in [4.78, 5) is 18.2. The minimum atomic E-state index is -0.562. The highest BCUT2D eigenvalue weighted by atomic mass is 16.3. The molecule has 0 radical (unpaired) electrons. The molecule has 0 saturated carbocycles. The van der Waals surface area contributed by atoms with E-state index in [1.165, 1.54) is 12.8 Å². The Kier molecular flexibility index (Phi) is 4.33. The molecule has 0 unspecified atom stereocenters. The predicted molar refractivity (Wildman–Crippen MR) is 98.9 cm³/mol. The number of aliphatic hydroxyl groups is 1. The molecule has 0 aliphatic carbocycles. The van der Waals surface area contributed by atoms with Crippen LogP contribution < -0.4 is 4.90 Å². The zero-order chi connectivity index (χ0) is 17.4. The van der Waals surface area contributed by atoms with Crippen molar-refractivity contribution in [2.45, 2.75) is 45.1 Å². The SMILES string of the molecule is Cc1cc(C)c2c(N3CCC(O)(CN4CCCC4)CC3)ncnc2n1. The van der Waals surface area contributed by atoms with Crippen molar-refractivity contribution in [1.29, 1.82) is 0 Å². The molecule has 2 fully saturated rings. The standard InChI is InChI=1S/C19H27N5O/c1-14-11-15(2)22-17-16(14)18(21-13-20-17)24-9-5-19(25,6-10-24)12-23-7-3-4-8-23/h11,13,25H,3-10,12H2,1-2H3. The minimum absolute atomic E-state index is 0.562. The van der Waals surface area contributed by atoms with Gasteiger partial charge >= 0.3 is 0 Å². The fourth-order valence-corrected chi connectivity index (χ4v) is 4.28. The largest absolute Gasteiger partial charge is 0.388 e. The lowest BCUT2D eigenvalue weighted by molar-refractivity contribution is -0.0111. The number of hydrogen-bond acceptors (Lipinski definition) is 6. The number of hydrogen-bond donors (Lipinski definition) is 1. The van der Waals surface area contributed by atoms with E-state index >= 15 is 0 Å². The van der Waals surface area contributed by atoms with Gasteiger partial charge in [-0.1, -0.05) is 0 Å². The monoisotopic (exact) mass is 341 g/mol. The van der Waals surface area contributed by atoms with Crippen molar-refractivity contribution in [2.24, 2.45) is 0 Å². The van der Waals surface area contributed by atoms with Crippen molar-refractivity contribution < 1.29 is 5.11 Å². The van der Waals surface area contributed by atoms with E-state index in [0.29, 0.717) is 0 Å². The van der Waals surface area contributed by atoms with Crippen molar-refractivity contribution >= 4 is 16.9 Å². The number of pyridine rings is 1. The molecule has 134 valence electrons. The lowest BCUT2D eigenvalue weighted by Gasteiger charge is -2.40. The molecule has 6 nitrogen and oxygen atoms in total. The van der Waals surface area contributed by atoms with E-state index < -0.39 is 5.60 Å². The molecule has 0 bridgehead atoms. The van der Waals surface area contributed by atoms with E-state index in [9.17, 15) is 5.11 Å². The zero-order valence-electron chi connectivity index (χ0n) is 15.2. The highest BCUT2D eigenvalue weighted by Gasteiger charge is 2.35. The number of piperidine rings is 1. The predicted octanol–water partition coefficient (Wildman–Crippen LogP) is 2.07. The number of likely N-dealkylation sites (tertiary alicyclic amines) is 1. The van der Waals surface area contributed by atoms with Crippen molar-refractivity contribution in [2.75, 3.05) is 37.6 Å². The maximum Gasteiger partial charge on any atom is 0.165 e. The van der Waals surface area contributed by atoms with Crippen LogP contribution >= 0.6 is 0 Å². The Labute approximate surface area is 148 Å². The van der Waals surface area contributed by atoms with Gasteiger partial charge in [-0.05, 0) is 64.3 Å². The highest BCUT2D eigenvalue weighted by Crippen LogP contribution is 2.31. The third-order valence-electron chi connectivity index (χ3n) is 5.62. The van der Waals surface area contributed by atoms with Crippen LogP contribution in [0.2, 0.25) is 0 Å². The lowest BCUT2D eigenvalue weighted by Crippen LogP contribution is -2.50. The Balaban J connectivity index is 1.53. The minimum Gasteiger partial charge on any atom is -0.388 e. The number of rotatable bonds is 3. The number of aromatic nitrogens is 3. The van der Waals surface area contributed by atoms with E-state index in [4.69, 9.17) is 0 Å². The summed E-state index contributed by atoms with van der Waals surface area (Å²) in [6.07, 6.45) is 5.71. The van der Waals surface area contributed by atoms with Crippen molar-refractivity contribution in [3.8, 4) is 0 Å². The summed E-state index contributed by atoms with van der Waals surface area (Å²) in [7, 11) is 0. The van der Waals surface area contributed by atoms with E-state index in [1.807, 2.05) is 6.92 Å². The molecule has 4 heterocycles. The van der Waals surface area contributed by atoms with Gasteiger partial charge in [0.25, 0.3) is 0 Å². The van der Waals surface area contributed by atoms with Gasteiger partial charge in [-0.25, -0.2) is 15.0 Å². The summed E-state index contributed by atoms with van der Waals surface area (Å²) in [5.74, 6) is 0.957. The van der Waals surface area contributed by atoms with Crippen molar-refractivity contribution in [1.82, 2.24) is 19.9 Å². The summed E-state index contributed by atoms with van der Waals surface area (Å²) in [6, 6.07) is 2.09. The maximum absolute atomic E-state index is 11.0. The average Bonchev–Trinajstić information content (AvgIpc) is 3.07. The Hall–Kier alpha value is -1.79. The fourth-order valence-electron chi connectivity index (χ4n) is 4.28. The molecule has 0 atom stereocenters. The number of fused-ring (bicyclic) bond motifs is 1. The molecule has 4 rings (SSSR count). The third-order valence-corrected chi connectivity index (χ3v) is 5.62. The highest BCUT2D eigenvalue weighted by molar-refractivity contribution is 5.90. The third kappa shape index (κ3) is 3.33. The Bertz CT molecular complexity index is 764. The molecule has 6 heteroatoms. The van der Waals surface area contributed by atoms with Gasteiger partial charge in [-0.15, -0.1) is 0 Å². The lowest BCUT2D eigenvalue weighted by atomic mass is 9.90. The fraction of sp³-hybridized carbons (Fsp3) is 0.632. The summed E-state index contributed by atoms with van der Waals surface area (Å²) in [6.45, 7) is 8.81. The molecular weight excluding hydrogens is 314 g/mol. The topological polar surface area (TPSA) is 65.4 Å². The van der Waals surface area contributed by atoms with Gasteiger partial charge < -0.3 is 14.9 Å². The van der Waals surface area contributed by atoms with Crippen LogP contribution in [0.3, 0.4) is 0 Å². The van der Waals surface area contributed by atoms with E-state index in [2.05, 4.69) is 37.7 Å². The molecular formula is C19H27N5O. The summed E-state index contributed by atoms with van der Waals surface area (Å²) in [5, 5.41) is 12.0. The molecule has 0 amide bonds. The van der Waals surface area contributed by atoms with Gasteiger partial charge in [0.2, 0.25) is 0 Å². The number of anilines is 1. The Morgan fingerprint density at radius 2 is 1.80 bits per heavy atom. The van der Waals surface area contributed by atoms with E-state index in [-0.39, 0.29) is 0 Å². The number of β-amino-alcohol motifs (C(OH)–C–C–N with tert-alkyl or cyclic N) is 1. The van der Waals surface area contributed by atoms with Gasteiger partial charge in [0.1, 0.15) is 12.1 Å². The second-order valence-electron chi connectivity index (χ2n) is 7.67. The van der Waals surface area contributed by atoms with Crippen LogP contribution in [0.1, 0.15) is 36.9 Å². The first-order valence-electron chi connectivity index (χ1n) is 9.33. The first kappa shape index (κ1) is 16.7. The summed E-state index contributed by atoms with van der Waals surface area (Å²) in [5.41, 5.74) is 2.35. The summed E-state index contributed by atoms with van der Waals surface area (Å²) >= 11 is 0. The second kappa shape index (κ2) is 6.50. The molecule has 2 aliphatic heterocycles. The summed E-state index contributed by atoms with van der Waals surface area (Å²) < 4.78 is 0. The zero-order valence-corrected chi connectivity index (χ0v) is 15.2. The van der Waals surface area contributed by atoms with Gasteiger partial charge in [-0.2, -0.15) is 0 Å². The Morgan fingerprint density at radius 3 is 2.52 bits per heavy atom. The molecule has 0 aromatic carbocycles. The van der Waals surface area contributed by atoms with E-state index in [1.54, 1.807) is 6.33 Å². The van der Waals surface area contributed by atoms with Crippen LogP contribution in [-0.2, 0) is 0 Å². The first-order valence-corrected chi connectivity index (χ1v) is 9.33. The van der Waals surface area contributed by atoms with Crippen molar-refractivity contribution in [3.63, 3.8) is 0 Å². The van der Waals surface area contributed by atoms with Crippen LogP contribution in [0.15, 0.2) is 12.4 Å².